The number of benzene rings is 1. The molecule has 1 heterocycles. The molecule has 2 aromatic rings. The predicted octanol–water partition coefficient (Wildman–Crippen LogP) is 1.98. The Morgan fingerprint density at radius 3 is 2.43 bits per heavy atom. The number of rotatable bonds is 4. The second-order valence-corrected chi connectivity index (χ2v) is 4.66. The summed E-state index contributed by atoms with van der Waals surface area (Å²) in [5.41, 5.74) is 1.32. The highest BCUT2D eigenvalue weighted by Crippen LogP contribution is 2.20. The summed E-state index contributed by atoms with van der Waals surface area (Å²) >= 11 is 0. The summed E-state index contributed by atoms with van der Waals surface area (Å²) in [5.74, 6) is -2.15. The number of nitrogens with one attached hydrogen (secondary N) is 2. The van der Waals surface area contributed by atoms with Crippen LogP contribution in [0.1, 0.15) is 21.6 Å². The monoisotopic (exact) mass is 294 g/mol. The maximum Gasteiger partial charge on any atom is 0.251 e. The standard InChI is InChI=1S/C14H16F2N4O/c1-8-10(7-20(3)19-8)6-18-14(21)9-4-11(15)13(17-2)12(16)5-9/h4-5,7,17H,6H2,1-3H3,(H,18,21). The fraction of sp³-hybridized carbons (Fsp3) is 0.286. The van der Waals surface area contributed by atoms with Gasteiger partial charge < -0.3 is 10.6 Å². The van der Waals surface area contributed by atoms with Crippen LogP contribution in [0.2, 0.25) is 0 Å². The lowest BCUT2D eigenvalue weighted by Gasteiger charge is -2.08. The SMILES string of the molecule is CNc1c(F)cc(C(=O)NCc2cn(C)nc2C)cc1F. The van der Waals surface area contributed by atoms with E-state index in [-0.39, 0.29) is 17.8 Å². The number of hydrogen-bond donors (Lipinski definition) is 2. The molecule has 0 fully saturated rings. The van der Waals surface area contributed by atoms with Gasteiger partial charge in [-0.15, -0.1) is 0 Å². The summed E-state index contributed by atoms with van der Waals surface area (Å²) in [7, 11) is 3.19. The minimum atomic E-state index is -0.805. The van der Waals surface area contributed by atoms with Crippen LogP contribution in [0.4, 0.5) is 14.5 Å². The second kappa shape index (κ2) is 5.90. The molecular weight excluding hydrogens is 278 g/mol. The van der Waals surface area contributed by atoms with E-state index in [4.69, 9.17) is 0 Å². The van der Waals surface area contributed by atoms with E-state index in [1.165, 1.54) is 7.05 Å². The Hall–Kier alpha value is -2.44. The zero-order valence-corrected chi connectivity index (χ0v) is 12.0. The van der Waals surface area contributed by atoms with E-state index in [2.05, 4.69) is 15.7 Å². The van der Waals surface area contributed by atoms with Crippen molar-refractivity contribution in [1.29, 1.82) is 0 Å². The fourth-order valence-corrected chi connectivity index (χ4v) is 2.04. The Labute approximate surface area is 121 Å². The minimum Gasteiger partial charge on any atom is -0.383 e. The second-order valence-electron chi connectivity index (χ2n) is 4.66. The van der Waals surface area contributed by atoms with E-state index >= 15 is 0 Å². The molecule has 0 unspecified atom stereocenters. The topological polar surface area (TPSA) is 59.0 Å². The van der Waals surface area contributed by atoms with Gasteiger partial charge in [0.15, 0.2) is 0 Å². The third kappa shape index (κ3) is 3.18. The molecule has 5 nitrogen and oxygen atoms in total. The fourth-order valence-electron chi connectivity index (χ4n) is 2.04. The van der Waals surface area contributed by atoms with Crippen LogP contribution in [0.3, 0.4) is 0 Å². The molecule has 0 saturated carbocycles. The third-order valence-corrected chi connectivity index (χ3v) is 3.11. The van der Waals surface area contributed by atoms with Crippen molar-refractivity contribution < 1.29 is 13.6 Å². The lowest BCUT2D eigenvalue weighted by atomic mass is 10.1. The molecule has 0 aliphatic carbocycles. The Morgan fingerprint density at radius 1 is 1.33 bits per heavy atom. The molecular formula is C14H16F2N4O. The van der Waals surface area contributed by atoms with Crippen molar-refractivity contribution in [3.63, 3.8) is 0 Å². The zero-order valence-electron chi connectivity index (χ0n) is 12.0. The van der Waals surface area contributed by atoms with E-state index in [0.29, 0.717) is 0 Å². The van der Waals surface area contributed by atoms with Crippen molar-refractivity contribution in [3.05, 3.63) is 46.8 Å². The Morgan fingerprint density at radius 2 is 1.95 bits per heavy atom. The molecule has 0 atom stereocenters. The first kappa shape index (κ1) is 15.0. The van der Waals surface area contributed by atoms with Crippen LogP contribution in [0.5, 0.6) is 0 Å². The summed E-state index contributed by atoms with van der Waals surface area (Å²) in [6, 6.07) is 2.00. The molecule has 112 valence electrons. The van der Waals surface area contributed by atoms with Gasteiger partial charge in [0.1, 0.15) is 17.3 Å². The Kier molecular flexibility index (Phi) is 4.21. The van der Waals surface area contributed by atoms with Crippen LogP contribution in [0, 0.1) is 18.6 Å². The summed E-state index contributed by atoms with van der Waals surface area (Å²) in [5, 5.41) is 9.17. The van der Waals surface area contributed by atoms with E-state index in [1.54, 1.807) is 17.9 Å². The van der Waals surface area contributed by atoms with Gasteiger partial charge in [-0.1, -0.05) is 0 Å². The first-order valence-electron chi connectivity index (χ1n) is 6.36. The number of carbonyl (C=O) groups is 1. The van der Waals surface area contributed by atoms with Crippen molar-refractivity contribution in [2.75, 3.05) is 12.4 Å². The number of anilines is 1. The van der Waals surface area contributed by atoms with Gasteiger partial charge in [-0.05, 0) is 19.1 Å². The number of nitrogens with zero attached hydrogens (tertiary/aromatic N) is 2. The van der Waals surface area contributed by atoms with Gasteiger partial charge in [0, 0.05) is 38.0 Å². The van der Waals surface area contributed by atoms with Crippen LogP contribution in [0.15, 0.2) is 18.3 Å². The highest BCUT2D eigenvalue weighted by Gasteiger charge is 2.14. The maximum absolute atomic E-state index is 13.6. The van der Waals surface area contributed by atoms with E-state index in [1.807, 2.05) is 6.92 Å². The summed E-state index contributed by atoms with van der Waals surface area (Å²) in [4.78, 5) is 11.9. The van der Waals surface area contributed by atoms with Gasteiger partial charge in [0.05, 0.1) is 5.69 Å². The van der Waals surface area contributed by atoms with Crippen LogP contribution in [0.25, 0.3) is 0 Å². The number of aryl methyl sites for hydroxylation is 2. The molecule has 1 aromatic heterocycles. The minimum absolute atomic E-state index is 0.0643. The van der Waals surface area contributed by atoms with Gasteiger partial charge in [-0.25, -0.2) is 8.78 Å². The number of hydrogen-bond acceptors (Lipinski definition) is 3. The molecule has 2 N–H and O–H groups in total. The van der Waals surface area contributed by atoms with E-state index in [0.717, 1.165) is 23.4 Å². The lowest BCUT2D eigenvalue weighted by molar-refractivity contribution is 0.0950. The van der Waals surface area contributed by atoms with Crippen LogP contribution in [-0.2, 0) is 13.6 Å². The van der Waals surface area contributed by atoms with Gasteiger partial charge in [0.2, 0.25) is 0 Å². The maximum atomic E-state index is 13.6. The van der Waals surface area contributed by atoms with E-state index < -0.39 is 17.5 Å². The molecule has 2 rings (SSSR count). The molecule has 1 amide bonds. The molecule has 1 aromatic carbocycles. The summed E-state index contributed by atoms with van der Waals surface area (Å²) in [6.07, 6.45) is 1.78. The average molecular weight is 294 g/mol. The zero-order chi connectivity index (χ0) is 15.6. The number of amides is 1. The number of carbonyl (C=O) groups excluding carboxylic acids is 1. The van der Waals surface area contributed by atoms with E-state index in [9.17, 15) is 13.6 Å². The van der Waals surface area contributed by atoms with Crippen LogP contribution < -0.4 is 10.6 Å². The molecule has 21 heavy (non-hydrogen) atoms. The van der Waals surface area contributed by atoms with Crippen LogP contribution in [-0.4, -0.2) is 22.7 Å². The Bertz CT molecular complexity index is 659. The van der Waals surface area contributed by atoms with Crippen LogP contribution >= 0.6 is 0 Å². The van der Waals surface area contributed by atoms with Gasteiger partial charge in [0.25, 0.3) is 5.91 Å². The van der Waals surface area contributed by atoms with Crippen molar-refractivity contribution in [2.24, 2.45) is 7.05 Å². The highest BCUT2D eigenvalue weighted by atomic mass is 19.1. The average Bonchev–Trinajstić information content (AvgIpc) is 2.74. The first-order chi connectivity index (χ1) is 9.92. The largest absolute Gasteiger partial charge is 0.383 e. The lowest BCUT2D eigenvalue weighted by Crippen LogP contribution is -2.23. The summed E-state index contributed by atoms with van der Waals surface area (Å²) < 4.78 is 28.8. The van der Waals surface area contributed by atoms with Crippen molar-refractivity contribution in [3.8, 4) is 0 Å². The van der Waals surface area contributed by atoms with Gasteiger partial charge in [-0.2, -0.15) is 5.10 Å². The smallest absolute Gasteiger partial charge is 0.251 e. The molecule has 0 radical (unpaired) electrons. The normalized spacial score (nSPS) is 10.5. The molecule has 0 saturated heterocycles. The summed E-state index contributed by atoms with van der Waals surface area (Å²) in [6.45, 7) is 2.07. The molecule has 0 aliphatic heterocycles. The van der Waals surface area contributed by atoms with Crippen molar-refractivity contribution in [1.82, 2.24) is 15.1 Å². The Balaban J connectivity index is 2.12. The quantitative estimate of drug-likeness (QED) is 0.906. The van der Waals surface area contributed by atoms with Crippen molar-refractivity contribution in [2.45, 2.75) is 13.5 Å². The van der Waals surface area contributed by atoms with Gasteiger partial charge >= 0.3 is 0 Å². The van der Waals surface area contributed by atoms with Gasteiger partial charge in [-0.3, -0.25) is 9.48 Å². The first-order valence-corrected chi connectivity index (χ1v) is 6.36. The highest BCUT2D eigenvalue weighted by molar-refractivity contribution is 5.94. The third-order valence-electron chi connectivity index (χ3n) is 3.11. The molecule has 0 aliphatic rings. The number of aromatic nitrogens is 2. The number of halogens is 2. The molecule has 0 bridgehead atoms. The predicted molar refractivity (Wildman–Crippen MR) is 75.0 cm³/mol. The van der Waals surface area contributed by atoms with Crippen molar-refractivity contribution >= 4 is 11.6 Å². The molecule has 0 spiro atoms. The molecule has 7 heteroatoms.